The van der Waals surface area contributed by atoms with Gasteiger partial charge in [0.25, 0.3) is 5.91 Å². The number of carbonyl (C=O) groups excluding carboxylic acids is 1. The first kappa shape index (κ1) is 17.7. The van der Waals surface area contributed by atoms with E-state index in [1.807, 2.05) is 18.2 Å². The third kappa shape index (κ3) is 5.24. The summed E-state index contributed by atoms with van der Waals surface area (Å²) in [5, 5.41) is 6.09. The van der Waals surface area contributed by atoms with Crippen molar-refractivity contribution in [1.82, 2.24) is 9.88 Å². The summed E-state index contributed by atoms with van der Waals surface area (Å²) in [5.41, 5.74) is 1.13. The third-order valence-corrected chi connectivity index (χ3v) is 3.46. The molecule has 1 aromatic carbocycles. The van der Waals surface area contributed by atoms with E-state index in [9.17, 15) is 4.79 Å². The molecule has 0 aliphatic heterocycles. The highest BCUT2D eigenvalue weighted by Crippen LogP contribution is 2.19. The molecular formula is C18H24N4O2. The quantitative estimate of drug-likeness (QED) is 0.729. The molecule has 0 spiro atoms. The Hall–Kier alpha value is -2.60. The number of para-hydroxylation sites is 1. The van der Waals surface area contributed by atoms with Crippen molar-refractivity contribution < 1.29 is 9.53 Å². The second-order valence-electron chi connectivity index (χ2n) is 5.67. The van der Waals surface area contributed by atoms with Crippen molar-refractivity contribution in [2.45, 2.75) is 6.42 Å². The lowest BCUT2D eigenvalue weighted by atomic mass is 10.2. The molecule has 6 heteroatoms. The average molecular weight is 328 g/mol. The molecule has 0 unspecified atom stereocenters. The Labute approximate surface area is 142 Å². The molecule has 0 fully saturated rings. The van der Waals surface area contributed by atoms with Gasteiger partial charge < -0.3 is 20.3 Å². The summed E-state index contributed by atoms with van der Waals surface area (Å²) in [6.45, 7) is 1.89. The van der Waals surface area contributed by atoms with E-state index in [-0.39, 0.29) is 5.91 Å². The molecule has 0 saturated carbocycles. The van der Waals surface area contributed by atoms with Gasteiger partial charge >= 0.3 is 0 Å². The number of methoxy groups -OCH3 is 1. The molecule has 2 aromatic rings. The number of aromatic nitrogens is 1. The molecule has 2 rings (SSSR count). The zero-order valence-corrected chi connectivity index (χ0v) is 14.4. The van der Waals surface area contributed by atoms with E-state index in [1.54, 1.807) is 31.5 Å². The standard InChI is InChI=1S/C18H24N4O2/c1-22(2)12-6-11-19-17-10-9-14(13-20-17)21-18(23)15-7-4-5-8-16(15)24-3/h4-5,7-10,13H,6,11-12H2,1-3H3,(H,19,20)(H,21,23). The molecule has 1 amide bonds. The Kier molecular flexibility index (Phi) is 6.57. The fourth-order valence-corrected chi connectivity index (χ4v) is 2.21. The van der Waals surface area contributed by atoms with Gasteiger partial charge in [0.2, 0.25) is 0 Å². The number of nitrogens with one attached hydrogen (secondary N) is 2. The zero-order chi connectivity index (χ0) is 17.4. The van der Waals surface area contributed by atoms with Gasteiger partial charge in [0.15, 0.2) is 0 Å². The number of hydrogen-bond donors (Lipinski definition) is 2. The SMILES string of the molecule is COc1ccccc1C(=O)Nc1ccc(NCCCN(C)C)nc1. The lowest BCUT2D eigenvalue weighted by Gasteiger charge is -2.11. The number of ether oxygens (including phenoxy) is 1. The Bertz CT molecular complexity index is 656. The van der Waals surface area contributed by atoms with Gasteiger partial charge in [0.05, 0.1) is 24.6 Å². The first-order valence-corrected chi connectivity index (χ1v) is 7.89. The number of benzene rings is 1. The highest BCUT2D eigenvalue weighted by atomic mass is 16.5. The van der Waals surface area contributed by atoms with Crippen molar-refractivity contribution in [2.75, 3.05) is 44.9 Å². The van der Waals surface area contributed by atoms with Crippen LogP contribution in [0.2, 0.25) is 0 Å². The van der Waals surface area contributed by atoms with Crippen molar-refractivity contribution in [2.24, 2.45) is 0 Å². The predicted molar refractivity (Wildman–Crippen MR) is 96.8 cm³/mol. The summed E-state index contributed by atoms with van der Waals surface area (Å²) in [4.78, 5) is 18.8. The minimum absolute atomic E-state index is 0.221. The summed E-state index contributed by atoms with van der Waals surface area (Å²) in [5.74, 6) is 1.12. The van der Waals surface area contributed by atoms with Gasteiger partial charge in [-0.15, -0.1) is 0 Å². The Morgan fingerprint density at radius 1 is 1.21 bits per heavy atom. The molecule has 1 aromatic heterocycles. The van der Waals surface area contributed by atoms with Crippen molar-refractivity contribution in [3.63, 3.8) is 0 Å². The van der Waals surface area contributed by atoms with Crippen LogP contribution >= 0.6 is 0 Å². The first-order chi connectivity index (χ1) is 11.6. The summed E-state index contributed by atoms with van der Waals surface area (Å²) >= 11 is 0. The second-order valence-corrected chi connectivity index (χ2v) is 5.67. The maximum Gasteiger partial charge on any atom is 0.259 e. The minimum atomic E-state index is -0.221. The van der Waals surface area contributed by atoms with E-state index < -0.39 is 0 Å². The molecule has 6 nitrogen and oxygen atoms in total. The van der Waals surface area contributed by atoms with Crippen LogP contribution in [0.1, 0.15) is 16.8 Å². The smallest absolute Gasteiger partial charge is 0.259 e. The minimum Gasteiger partial charge on any atom is -0.496 e. The summed E-state index contributed by atoms with van der Waals surface area (Å²) < 4.78 is 5.21. The molecule has 0 atom stereocenters. The molecule has 2 N–H and O–H groups in total. The highest BCUT2D eigenvalue weighted by molar-refractivity contribution is 6.06. The Morgan fingerprint density at radius 3 is 2.67 bits per heavy atom. The van der Waals surface area contributed by atoms with Gasteiger partial charge in [-0.1, -0.05) is 12.1 Å². The van der Waals surface area contributed by atoms with E-state index in [0.29, 0.717) is 17.0 Å². The van der Waals surface area contributed by atoms with E-state index in [2.05, 4.69) is 34.6 Å². The number of rotatable bonds is 8. The summed E-state index contributed by atoms with van der Waals surface area (Å²) in [7, 11) is 5.65. The maximum atomic E-state index is 12.3. The average Bonchev–Trinajstić information content (AvgIpc) is 2.59. The van der Waals surface area contributed by atoms with Crippen LogP contribution in [0, 0.1) is 0 Å². The van der Waals surface area contributed by atoms with Gasteiger partial charge in [-0.05, 0) is 51.3 Å². The highest BCUT2D eigenvalue weighted by Gasteiger charge is 2.11. The number of carbonyl (C=O) groups is 1. The molecule has 1 heterocycles. The lowest BCUT2D eigenvalue weighted by molar-refractivity contribution is 0.102. The van der Waals surface area contributed by atoms with Crippen molar-refractivity contribution >= 4 is 17.4 Å². The van der Waals surface area contributed by atoms with Gasteiger partial charge in [-0.3, -0.25) is 4.79 Å². The van der Waals surface area contributed by atoms with Gasteiger partial charge in [0.1, 0.15) is 11.6 Å². The molecule has 24 heavy (non-hydrogen) atoms. The van der Waals surface area contributed by atoms with Crippen molar-refractivity contribution in [3.05, 3.63) is 48.2 Å². The molecule has 128 valence electrons. The van der Waals surface area contributed by atoms with E-state index in [0.717, 1.165) is 25.3 Å². The van der Waals surface area contributed by atoms with Crippen molar-refractivity contribution in [1.29, 1.82) is 0 Å². The van der Waals surface area contributed by atoms with Gasteiger partial charge in [0, 0.05) is 6.54 Å². The molecule has 0 bridgehead atoms. The third-order valence-electron chi connectivity index (χ3n) is 3.46. The Morgan fingerprint density at radius 2 is 2.00 bits per heavy atom. The van der Waals surface area contributed by atoms with Crippen LogP contribution in [0.15, 0.2) is 42.6 Å². The summed E-state index contributed by atoms with van der Waals surface area (Å²) in [6.07, 6.45) is 2.68. The molecule has 0 saturated heterocycles. The molecular weight excluding hydrogens is 304 g/mol. The van der Waals surface area contributed by atoms with Crippen LogP contribution in [0.3, 0.4) is 0 Å². The fourth-order valence-electron chi connectivity index (χ4n) is 2.21. The van der Waals surface area contributed by atoms with Gasteiger partial charge in [-0.2, -0.15) is 0 Å². The normalized spacial score (nSPS) is 10.5. The van der Waals surface area contributed by atoms with Crippen LogP contribution in [-0.4, -0.2) is 50.1 Å². The van der Waals surface area contributed by atoms with E-state index in [4.69, 9.17) is 4.74 Å². The summed E-state index contributed by atoms with van der Waals surface area (Å²) in [6, 6.07) is 10.8. The monoisotopic (exact) mass is 328 g/mol. The lowest BCUT2D eigenvalue weighted by Crippen LogP contribution is -2.16. The van der Waals surface area contributed by atoms with Crippen LogP contribution < -0.4 is 15.4 Å². The topological polar surface area (TPSA) is 66.5 Å². The maximum absolute atomic E-state index is 12.3. The molecule has 0 aliphatic rings. The number of pyridine rings is 1. The van der Waals surface area contributed by atoms with E-state index in [1.165, 1.54) is 0 Å². The Balaban J connectivity index is 1.90. The molecule has 0 radical (unpaired) electrons. The van der Waals surface area contributed by atoms with Crippen LogP contribution in [0.5, 0.6) is 5.75 Å². The fraction of sp³-hybridized carbons (Fsp3) is 0.333. The van der Waals surface area contributed by atoms with Crippen molar-refractivity contribution in [3.8, 4) is 5.75 Å². The number of nitrogens with zero attached hydrogens (tertiary/aromatic N) is 2. The van der Waals surface area contributed by atoms with Crippen LogP contribution in [-0.2, 0) is 0 Å². The van der Waals surface area contributed by atoms with Crippen LogP contribution in [0.25, 0.3) is 0 Å². The largest absolute Gasteiger partial charge is 0.496 e. The zero-order valence-electron chi connectivity index (χ0n) is 14.4. The van der Waals surface area contributed by atoms with Crippen LogP contribution in [0.4, 0.5) is 11.5 Å². The van der Waals surface area contributed by atoms with E-state index >= 15 is 0 Å². The molecule has 0 aliphatic carbocycles. The number of anilines is 2. The number of hydrogen-bond acceptors (Lipinski definition) is 5. The second kappa shape index (κ2) is 8.88. The number of amides is 1. The predicted octanol–water partition coefficient (Wildman–Crippen LogP) is 2.71. The van der Waals surface area contributed by atoms with Gasteiger partial charge in [-0.25, -0.2) is 4.98 Å². The first-order valence-electron chi connectivity index (χ1n) is 7.89.